The summed E-state index contributed by atoms with van der Waals surface area (Å²) in [6.07, 6.45) is 0.917. The lowest BCUT2D eigenvalue weighted by molar-refractivity contribution is -0.144. The summed E-state index contributed by atoms with van der Waals surface area (Å²) in [5, 5.41) is 7.61. The van der Waals surface area contributed by atoms with Crippen LogP contribution in [0.15, 0.2) is 28.7 Å². The molecule has 0 saturated heterocycles. The third-order valence-electron chi connectivity index (χ3n) is 2.79. The molecule has 0 aliphatic heterocycles. The van der Waals surface area contributed by atoms with Gasteiger partial charge in [0.25, 0.3) is 5.89 Å². The lowest BCUT2D eigenvalue weighted by Gasteiger charge is -2.10. The Morgan fingerprint density at radius 2 is 2.05 bits per heavy atom. The average molecular weight is 304 g/mol. The van der Waals surface area contributed by atoms with Crippen LogP contribution in [0, 0.1) is 0 Å². The highest BCUT2D eigenvalue weighted by molar-refractivity contribution is 5.72. The molecular formula is C16H20N2O4. The molecule has 1 aromatic heterocycles. The third-order valence-corrected chi connectivity index (χ3v) is 2.79. The van der Waals surface area contributed by atoms with Crippen LogP contribution in [-0.4, -0.2) is 22.3 Å². The molecule has 0 atom stereocenters. The van der Waals surface area contributed by atoms with Crippen LogP contribution in [0.5, 0.6) is 5.75 Å². The fourth-order valence-corrected chi connectivity index (χ4v) is 1.85. The van der Waals surface area contributed by atoms with E-state index >= 15 is 0 Å². The number of carbonyl (C=O) groups is 1. The van der Waals surface area contributed by atoms with Gasteiger partial charge in [-0.2, -0.15) is 0 Å². The number of hydrogen-bond donors (Lipinski definition) is 0. The van der Waals surface area contributed by atoms with Crippen LogP contribution in [0.1, 0.15) is 38.1 Å². The van der Waals surface area contributed by atoms with Gasteiger partial charge in [-0.25, -0.2) is 0 Å². The van der Waals surface area contributed by atoms with Crippen molar-refractivity contribution in [2.75, 3.05) is 0 Å². The summed E-state index contributed by atoms with van der Waals surface area (Å²) in [6, 6.07) is 7.41. The van der Waals surface area contributed by atoms with Gasteiger partial charge in [-0.15, -0.1) is 10.2 Å². The molecule has 6 heteroatoms. The molecule has 2 aromatic rings. The number of nitrogens with zero attached hydrogens (tertiary/aromatic N) is 2. The summed E-state index contributed by atoms with van der Waals surface area (Å²) in [4.78, 5) is 11.8. The van der Waals surface area contributed by atoms with Crippen molar-refractivity contribution in [3.8, 4) is 5.75 Å². The number of carbonyl (C=O) groups excluding carboxylic acids is 1. The van der Waals surface area contributed by atoms with Crippen molar-refractivity contribution >= 4 is 5.97 Å². The van der Waals surface area contributed by atoms with E-state index in [0.717, 1.165) is 11.3 Å². The van der Waals surface area contributed by atoms with Gasteiger partial charge in [0.2, 0.25) is 5.89 Å². The highest BCUT2D eigenvalue weighted by atomic mass is 16.5. The standard InChI is InChI=1S/C16H20N2O4/c1-4-14-17-18-15(22-14)10-20-16(19)9-12-6-5-7-13(8-12)21-11(2)3/h5-8,11H,4,9-10H2,1-3H3. The van der Waals surface area contributed by atoms with E-state index in [-0.39, 0.29) is 25.1 Å². The van der Waals surface area contributed by atoms with Crippen LogP contribution < -0.4 is 4.74 Å². The molecule has 2 rings (SSSR count). The van der Waals surface area contributed by atoms with Crippen LogP contribution in [0.25, 0.3) is 0 Å². The Hall–Kier alpha value is -2.37. The first-order valence-corrected chi connectivity index (χ1v) is 7.29. The maximum atomic E-state index is 11.8. The minimum absolute atomic E-state index is 0.00593. The number of rotatable bonds is 7. The molecule has 0 saturated carbocycles. The number of aryl methyl sites for hydroxylation is 1. The Kier molecular flexibility index (Phi) is 5.52. The molecule has 0 N–H and O–H groups in total. The van der Waals surface area contributed by atoms with Gasteiger partial charge < -0.3 is 13.9 Å². The summed E-state index contributed by atoms with van der Waals surface area (Å²) >= 11 is 0. The number of ether oxygens (including phenoxy) is 2. The molecule has 0 spiro atoms. The van der Waals surface area contributed by atoms with E-state index in [4.69, 9.17) is 13.9 Å². The molecule has 0 bridgehead atoms. The highest BCUT2D eigenvalue weighted by Crippen LogP contribution is 2.15. The van der Waals surface area contributed by atoms with Crippen LogP contribution in [0.3, 0.4) is 0 Å². The minimum atomic E-state index is -0.349. The van der Waals surface area contributed by atoms with Gasteiger partial charge in [0, 0.05) is 6.42 Å². The van der Waals surface area contributed by atoms with E-state index in [1.807, 2.05) is 45.0 Å². The largest absolute Gasteiger partial charge is 0.491 e. The molecule has 0 amide bonds. The summed E-state index contributed by atoms with van der Waals surface area (Å²) < 4.78 is 16.0. The molecule has 118 valence electrons. The van der Waals surface area contributed by atoms with Gasteiger partial charge in [-0.05, 0) is 31.5 Å². The van der Waals surface area contributed by atoms with Gasteiger partial charge in [0.05, 0.1) is 12.5 Å². The van der Waals surface area contributed by atoms with E-state index in [9.17, 15) is 4.79 Å². The van der Waals surface area contributed by atoms with Crippen molar-refractivity contribution in [2.24, 2.45) is 0 Å². The molecule has 0 aliphatic rings. The zero-order chi connectivity index (χ0) is 15.9. The Bertz CT molecular complexity index is 622. The van der Waals surface area contributed by atoms with Crippen molar-refractivity contribution in [1.29, 1.82) is 0 Å². The summed E-state index contributed by atoms with van der Waals surface area (Å²) in [5.74, 6) is 1.23. The topological polar surface area (TPSA) is 74.5 Å². The van der Waals surface area contributed by atoms with Crippen molar-refractivity contribution in [3.63, 3.8) is 0 Å². The molecule has 1 heterocycles. The first kappa shape index (κ1) is 16.0. The maximum absolute atomic E-state index is 11.8. The zero-order valence-electron chi connectivity index (χ0n) is 13.0. The molecule has 0 aliphatic carbocycles. The van der Waals surface area contributed by atoms with Crippen molar-refractivity contribution < 1.29 is 18.7 Å². The molecule has 0 radical (unpaired) electrons. The van der Waals surface area contributed by atoms with Crippen molar-refractivity contribution in [2.45, 2.75) is 46.3 Å². The summed E-state index contributed by atoms with van der Waals surface area (Å²) in [6.45, 7) is 5.81. The number of aromatic nitrogens is 2. The quantitative estimate of drug-likeness (QED) is 0.732. The second kappa shape index (κ2) is 7.59. The van der Waals surface area contributed by atoms with Crippen LogP contribution in [0.2, 0.25) is 0 Å². The van der Waals surface area contributed by atoms with Gasteiger partial charge >= 0.3 is 5.97 Å². The molecule has 1 aromatic carbocycles. The number of benzene rings is 1. The summed E-state index contributed by atoms with van der Waals surface area (Å²) in [5.41, 5.74) is 0.836. The maximum Gasteiger partial charge on any atom is 0.310 e. The van der Waals surface area contributed by atoms with Gasteiger partial charge in [-0.3, -0.25) is 4.79 Å². The lowest BCUT2D eigenvalue weighted by Crippen LogP contribution is -2.09. The smallest absolute Gasteiger partial charge is 0.310 e. The number of hydrogen-bond acceptors (Lipinski definition) is 6. The van der Waals surface area contributed by atoms with Crippen molar-refractivity contribution in [1.82, 2.24) is 10.2 Å². The molecule has 0 unspecified atom stereocenters. The van der Waals surface area contributed by atoms with E-state index in [0.29, 0.717) is 18.2 Å². The van der Waals surface area contributed by atoms with E-state index in [1.54, 1.807) is 0 Å². The average Bonchev–Trinajstić information content (AvgIpc) is 2.93. The first-order valence-electron chi connectivity index (χ1n) is 7.29. The lowest BCUT2D eigenvalue weighted by atomic mass is 10.1. The van der Waals surface area contributed by atoms with Crippen LogP contribution in [0.4, 0.5) is 0 Å². The van der Waals surface area contributed by atoms with Crippen LogP contribution >= 0.6 is 0 Å². The predicted molar refractivity (Wildman–Crippen MR) is 79.4 cm³/mol. The van der Waals surface area contributed by atoms with E-state index < -0.39 is 0 Å². The monoisotopic (exact) mass is 304 g/mol. The number of esters is 1. The fraction of sp³-hybridized carbons (Fsp3) is 0.438. The Morgan fingerprint density at radius 3 is 2.73 bits per heavy atom. The Balaban J connectivity index is 1.86. The Morgan fingerprint density at radius 1 is 1.27 bits per heavy atom. The molecule has 22 heavy (non-hydrogen) atoms. The zero-order valence-corrected chi connectivity index (χ0v) is 13.0. The van der Waals surface area contributed by atoms with Gasteiger partial charge in [0.1, 0.15) is 5.75 Å². The second-order valence-electron chi connectivity index (χ2n) is 5.09. The molecular weight excluding hydrogens is 284 g/mol. The highest BCUT2D eigenvalue weighted by Gasteiger charge is 2.10. The van der Waals surface area contributed by atoms with Gasteiger partial charge in [-0.1, -0.05) is 19.1 Å². The van der Waals surface area contributed by atoms with E-state index in [1.165, 1.54) is 0 Å². The fourth-order valence-electron chi connectivity index (χ4n) is 1.85. The second-order valence-corrected chi connectivity index (χ2v) is 5.09. The SMILES string of the molecule is CCc1nnc(COC(=O)Cc2cccc(OC(C)C)c2)o1. The summed E-state index contributed by atoms with van der Waals surface area (Å²) in [7, 11) is 0. The van der Waals surface area contributed by atoms with Crippen molar-refractivity contribution in [3.05, 3.63) is 41.6 Å². The molecule has 6 nitrogen and oxygen atoms in total. The first-order chi connectivity index (χ1) is 10.6. The molecule has 0 fully saturated rings. The Labute approximate surface area is 129 Å². The van der Waals surface area contributed by atoms with Crippen LogP contribution in [-0.2, 0) is 29.0 Å². The van der Waals surface area contributed by atoms with E-state index in [2.05, 4.69) is 10.2 Å². The van der Waals surface area contributed by atoms with Gasteiger partial charge in [0.15, 0.2) is 6.61 Å². The third kappa shape index (κ3) is 4.87. The minimum Gasteiger partial charge on any atom is -0.491 e. The normalized spacial score (nSPS) is 10.7. The predicted octanol–water partition coefficient (Wildman–Crippen LogP) is 2.71.